The van der Waals surface area contributed by atoms with Gasteiger partial charge in [-0.25, -0.2) is 0 Å². The first-order chi connectivity index (χ1) is 14.6. The lowest BCUT2D eigenvalue weighted by Gasteiger charge is -2.08. The van der Waals surface area contributed by atoms with Crippen molar-refractivity contribution >= 4 is 27.5 Å². The smallest absolute Gasteiger partial charge is 0.252 e. The molecular formula is C22H26N2O5S. The standard InChI is InChI=1S/C22H26N2O5S/c1-5-29-11-10-24-17-8-7-16(26-2)14-20(17)30-22(24)23-21(25)13-15-6-9-18(27-3)19(12-15)28-4/h6-9,12,14H,5,10-11,13H2,1-4H3. The molecule has 0 saturated heterocycles. The first-order valence-corrected chi connectivity index (χ1v) is 10.4. The fourth-order valence-electron chi connectivity index (χ4n) is 3.09. The van der Waals surface area contributed by atoms with Crippen molar-refractivity contribution in [3.05, 3.63) is 46.8 Å². The van der Waals surface area contributed by atoms with Crippen LogP contribution in [0, 0.1) is 0 Å². The van der Waals surface area contributed by atoms with Crippen molar-refractivity contribution in [2.45, 2.75) is 19.9 Å². The lowest BCUT2D eigenvalue weighted by Crippen LogP contribution is -2.20. The summed E-state index contributed by atoms with van der Waals surface area (Å²) >= 11 is 1.46. The molecule has 0 unspecified atom stereocenters. The van der Waals surface area contributed by atoms with Gasteiger partial charge in [0.2, 0.25) is 0 Å². The predicted octanol–water partition coefficient (Wildman–Crippen LogP) is 3.44. The molecule has 0 bridgehead atoms. The molecule has 0 aliphatic heterocycles. The van der Waals surface area contributed by atoms with Gasteiger partial charge in [0.25, 0.3) is 5.91 Å². The van der Waals surface area contributed by atoms with Gasteiger partial charge in [-0.1, -0.05) is 17.4 Å². The van der Waals surface area contributed by atoms with Crippen LogP contribution in [-0.2, 0) is 22.5 Å². The molecule has 1 aromatic heterocycles. The van der Waals surface area contributed by atoms with Gasteiger partial charge in [0.15, 0.2) is 16.3 Å². The van der Waals surface area contributed by atoms with Crippen LogP contribution in [0.5, 0.6) is 17.2 Å². The molecule has 30 heavy (non-hydrogen) atoms. The van der Waals surface area contributed by atoms with Gasteiger partial charge in [-0.05, 0) is 42.8 Å². The number of rotatable bonds is 9. The number of ether oxygens (including phenoxy) is 4. The molecule has 0 fully saturated rings. The van der Waals surface area contributed by atoms with Gasteiger partial charge in [0.05, 0.1) is 44.6 Å². The van der Waals surface area contributed by atoms with Crippen LogP contribution >= 0.6 is 11.3 Å². The van der Waals surface area contributed by atoms with Crippen LogP contribution in [0.2, 0.25) is 0 Å². The Kier molecular flexibility index (Phi) is 7.48. The molecular weight excluding hydrogens is 404 g/mol. The zero-order chi connectivity index (χ0) is 21.5. The molecule has 8 heteroatoms. The summed E-state index contributed by atoms with van der Waals surface area (Å²) in [4.78, 5) is 17.8. The quantitative estimate of drug-likeness (QED) is 0.487. The van der Waals surface area contributed by atoms with E-state index in [0.717, 1.165) is 21.5 Å². The Hall–Kier alpha value is -2.84. The zero-order valence-electron chi connectivity index (χ0n) is 17.6. The summed E-state index contributed by atoms with van der Waals surface area (Å²) in [5.74, 6) is 1.75. The Morgan fingerprint density at radius 2 is 1.83 bits per heavy atom. The summed E-state index contributed by atoms with van der Waals surface area (Å²) in [7, 11) is 4.78. The number of thiazole rings is 1. The molecule has 1 amide bonds. The van der Waals surface area contributed by atoms with Gasteiger partial charge < -0.3 is 23.5 Å². The van der Waals surface area contributed by atoms with Crippen molar-refractivity contribution in [1.29, 1.82) is 0 Å². The van der Waals surface area contributed by atoms with Gasteiger partial charge in [-0.15, -0.1) is 0 Å². The average Bonchev–Trinajstić information content (AvgIpc) is 3.09. The van der Waals surface area contributed by atoms with E-state index in [2.05, 4.69) is 4.99 Å². The minimum Gasteiger partial charge on any atom is -0.497 e. The summed E-state index contributed by atoms with van der Waals surface area (Å²) < 4.78 is 24.4. The van der Waals surface area contributed by atoms with E-state index in [1.807, 2.05) is 35.8 Å². The van der Waals surface area contributed by atoms with Gasteiger partial charge in [-0.2, -0.15) is 4.99 Å². The Bertz CT molecular complexity index is 1090. The summed E-state index contributed by atoms with van der Waals surface area (Å²) in [5, 5.41) is 0. The van der Waals surface area contributed by atoms with Crippen molar-refractivity contribution in [1.82, 2.24) is 4.57 Å². The fourth-order valence-corrected chi connectivity index (χ4v) is 4.20. The Labute approximate surface area is 179 Å². The average molecular weight is 431 g/mol. The first kappa shape index (κ1) is 21.9. The SMILES string of the molecule is CCOCCn1c(=NC(=O)Cc2ccc(OC)c(OC)c2)sc2cc(OC)ccc21. The third-order valence-electron chi connectivity index (χ3n) is 4.58. The third-order valence-corrected chi connectivity index (χ3v) is 5.62. The van der Waals surface area contributed by atoms with Gasteiger partial charge in [0, 0.05) is 13.2 Å². The summed E-state index contributed by atoms with van der Waals surface area (Å²) in [5.41, 5.74) is 1.81. The van der Waals surface area contributed by atoms with Crippen LogP contribution in [0.4, 0.5) is 0 Å². The number of aromatic nitrogens is 1. The zero-order valence-corrected chi connectivity index (χ0v) is 18.5. The molecule has 2 aromatic carbocycles. The molecule has 0 aliphatic carbocycles. The molecule has 0 atom stereocenters. The van der Waals surface area contributed by atoms with Crippen molar-refractivity contribution < 1.29 is 23.7 Å². The van der Waals surface area contributed by atoms with Crippen molar-refractivity contribution in [2.75, 3.05) is 34.5 Å². The lowest BCUT2D eigenvalue weighted by molar-refractivity contribution is -0.117. The van der Waals surface area contributed by atoms with Crippen LogP contribution in [0.1, 0.15) is 12.5 Å². The summed E-state index contributed by atoms with van der Waals surface area (Å²) in [6.45, 7) is 3.76. The highest BCUT2D eigenvalue weighted by atomic mass is 32.1. The van der Waals surface area contributed by atoms with Crippen molar-refractivity contribution in [3.63, 3.8) is 0 Å². The van der Waals surface area contributed by atoms with Crippen LogP contribution < -0.4 is 19.0 Å². The number of nitrogens with zero attached hydrogens (tertiary/aromatic N) is 2. The van der Waals surface area contributed by atoms with Crippen LogP contribution in [-0.4, -0.2) is 45.0 Å². The molecule has 0 aliphatic rings. The van der Waals surface area contributed by atoms with E-state index in [4.69, 9.17) is 18.9 Å². The maximum atomic E-state index is 12.7. The van der Waals surface area contributed by atoms with E-state index in [9.17, 15) is 4.79 Å². The second-order valence-electron chi connectivity index (χ2n) is 6.44. The number of carbonyl (C=O) groups is 1. The number of carbonyl (C=O) groups excluding carboxylic acids is 1. The number of hydrogen-bond donors (Lipinski definition) is 0. The van der Waals surface area contributed by atoms with E-state index in [0.29, 0.717) is 36.1 Å². The van der Waals surface area contributed by atoms with E-state index < -0.39 is 0 Å². The van der Waals surface area contributed by atoms with Gasteiger partial charge >= 0.3 is 0 Å². The normalized spacial score (nSPS) is 11.7. The fraction of sp³-hybridized carbons (Fsp3) is 0.364. The maximum Gasteiger partial charge on any atom is 0.252 e. The summed E-state index contributed by atoms with van der Waals surface area (Å²) in [6, 6.07) is 11.3. The maximum absolute atomic E-state index is 12.7. The number of hydrogen-bond acceptors (Lipinski definition) is 6. The topological polar surface area (TPSA) is 71.3 Å². The van der Waals surface area contributed by atoms with Crippen LogP contribution in [0.15, 0.2) is 41.4 Å². The Morgan fingerprint density at radius 1 is 1.03 bits per heavy atom. The van der Waals surface area contributed by atoms with E-state index in [-0.39, 0.29) is 12.3 Å². The highest BCUT2D eigenvalue weighted by Crippen LogP contribution is 2.28. The minimum absolute atomic E-state index is 0.170. The second kappa shape index (κ2) is 10.3. The van der Waals surface area contributed by atoms with Gasteiger partial charge in [-0.3, -0.25) is 4.79 Å². The number of fused-ring (bicyclic) bond motifs is 1. The van der Waals surface area contributed by atoms with Crippen molar-refractivity contribution in [2.24, 2.45) is 4.99 Å². The largest absolute Gasteiger partial charge is 0.497 e. The molecule has 3 rings (SSSR count). The highest BCUT2D eigenvalue weighted by molar-refractivity contribution is 7.16. The molecule has 3 aromatic rings. The van der Waals surface area contributed by atoms with Crippen LogP contribution in [0.25, 0.3) is 10.2 Å². The second-order valence-corrected chi connectivity index (χ2v) is 7.45. The summed E-state index contributed by atoms with van der Waals surface area (Å²) in [6.07, 6.45) is 0.170. The monoisotopic (exact) mass is 430 g/mol. The van der Waals surface area contributed by atoms with E-state index in [1.54, 1.807) is 33.5 Å². The minimum atomic E-state index is -0.231. The van der Waals surface area contributed by atoms with E-state index >= 15 is 0 Å². The van der Waals surface area contributed by atoms with Gasteiger partial charge in [0.1, 0.15) is 5.75 Å². The highest BCUT2D eigenvalue weighted by Gasteiger charge is 2.11. The van der Waals surface area contributed by atoms with E-state index in [1.165, 1.54) is 11.3 Å². The molecule has 7 nitrogen and oxygen atoms in total. The van der Waals surface area contributed by atoms with Crippen molar-refractivity contribution in [3.8, 4) is 17.2 Å². The molecule has 0 spiro atoms. The first-order valence-electron chi connectivity index (χ1n) is 9.63. The Morgan fingerprint density at radius 3 is 2.53 bits per heavy atom. The number of benzene rings is 2. The third kappa shape index (κ3) is 5.01. The molecule has 0 N–H and O–H groups in total. The number of amides is 1. The lowest BCUT2D eigenvalue weighted by atomic mass is 10.1. The molecule has 1 heterocycles. The molecule has 0 radical (unpaired) electrons. The molecule has 0 saturated carbocycles. The predicted molar refractivity (Wildman–Crippen MR) is 117 cm³/mol. The Balaban J connectivity index is 1.93. The number of methoxy groups -OCH3 is 3. The van der Waals surface area contributed by atoms with Crippen LogP contribution in [0.3, 0.4) is 0 Å². The molecule has 160 valence electrons.